The summed E-state index contributed by atoms with van der Waals surface area (Å²) in [6, 6.07) is 12.9. The van der Waals surface area contributed by atoms with Crippen LogP contribution < -0.4 is 5.73 Å². The van der Waals surface area contributed by atoms with Gasteiger partial charge in [0.1, 0.15) is 0 Å². The number of halogens is 2. The zero-order valence-corrected chi connectivity index (χ0v) is 11.9. The first-order chi connectivity index (χ1) is 8.56. The van der Waals surface area contributed by atoms with E-state index in [1.54, 1.807) is 12.1 Å². The Bertz CT molecular complexity index is 559. The molecular formula is C14H13BrClNO. The zero-order valence-electron chi connectivity index (χ0n) is 9.61. The fourth-order valence-electron chi connectivity index (χ4n) is 1.78. The van der Waals surface area contributed by atoms with Crippen molar-refractivity contribution in [2.45, 2.75) is 12.5 Å². The number of hydrogen-bond acceptors (Lipinski definition) is 2. The lowest BCUT2D eigenvalue weighted by molar-refractivity contribution is 0.178. The molecule has 1 unspecified atom stereocenters. The van der Waals surface area contributed by atoms with E-state index in [2.05, 4.69) is 15.9 Å². The van der Waals surface area contributed by atoms with Gasteiger partial charge in [-0.3, -0.25) is 0 Å². The lowest BCUT2D eigenvalue weighted by atomic mass is 10.0. The van der Waals surface area contributed by atoms with Crippen molar-refractivity contribution in [1.82, 2.24) is 0 Å². The quantitative estimate of drug-likeness (QED) is 0.839. The first kappa shape index (κ1) is 13.4. The van der Waals surface area contributed by atoms with E-state index in [9.17, 15) is 5.11 Å². The van der Waals surface area contributed by atoms with E-state index in [0.717, 1.165) is 15.6 Å². The predicted molar refractivity (Wildman–Crippen MR) is 78.7 cm³/mol. The van der Waals surface area contributed by atoms with E-state index >= 15 is 0 Å². The third-order valence-corrected chi connectivity index (χ3v) is 3.57. The Balaban J connectivity index is 2.18. The van der Waals surface area contributed by atoms with E-state index in [-0.39, 0.29) is 0 Å². The number of nitrogens with two attached hydrogens (primary N) is 1. The van der Waals surface area contributed by atoms with Gasteiger partial charge in [-0.05, 0) is 35.4 Å². The molecule has 0 spiro atoms. The van der Waals surface area contributed by atoms with Crippen LogP contribution in [0, 0.1) is 0 Å². The van der Waals surface area contributed by atoms with Crippen molar-refractivity contribution in [3.05, 3.63) is 63.1 Å². The SMILES string of the molecule is Nc1cccc(C(O)Cc2ccc(Br)cc2Cl)c1. The summed E-state index contributed by atoms with van der Waals surface area (Å²) in [4.78, 5) is 0. The van der Waals surface area contributed by atoms with Crippen molar-refractivity contribution >= 4 is 33.2 Å². The van der Waals surface area contributed by atoms with Gasteiger partial charge in [0.2, 0.25) is 0 Å². The average molecular weight is 327 g/mol. The van der Waals surface area contributed by atoms with Crippen molar-refractivity contribution < 1.29 is 5.11 Å². The van der Waals surface area contributed by atoms with E-state index < -0.39 is 6.10 Å². The van der Waals surface area contributed by atoms with Crippen molar-refractivity contribution in [1.29, 1.82) is 0 Å². The molecule has 0 radical (unpaired) electrons. The normalized spacial score (nSPS) is 12.4. The van der Waals surface area contributed by atoms with Gasteiger partial charge in [-0.15, -0.1) is 0 Å². The lowest BCUT2D eigenvalue weighted by Gasteiger charge is -2.13. The highest BCUT2D eigenvalue weighted by Crippen LogP contribution is 2.26. The highest BCUT2D eigenvalue weighted by molar-refractivity contribution is 9.10. The second-order valence-electron chi connectivity index (χ2n) is 4.13. The third kappa shape index (κ3) is 3.25. The highest BCUT2D eigenvalue weighted by atomic mass is 79.9. The summed E-state index contributed by atoms with van der Waals surface area (Å²) in [5, 5.41) is 10.8. The molecule has 0 amide bonds. The molecule has 94 valence electrons. The average Bonchev–Trinajstić information content (AvgIpc) is 2.32. The van der Waals surface area contributed by atoms with E-state index in [1.165, 1.54) is 0 Å². The molecule has 0 saturated carbocycles. The number of hydrogen-bond donors (Lipinski definition) is 2. The molecule has 4 heteroatoms. The number of aliphatic hydroxyl groups is 1. The molecule has 0 aliphatic carbocycles. The van der Waals surface area contributed by atoms with Gasteiger partial charge in [-0.2, -0.15) is 0 Å². The van der Waals surface area contributed by atoms with Gasteiger partial charge >= 0.3 is 0 Å². The van der Waals surface area contributed by atoms with Gasteiger partial charge in [-0.25, -0.2) is 0 Å². The fourth-order valence-corrected chi connectivity index (χ4v) is 2.53. The lowest BCUT2D eigenvalue weighted by Crippen LogP contribution is -2.03. The maximum Gasteiger partial charge on any atom is 0.0831 e. The molecule has 0 saturated heterocycles. The van der Waals surface area contributed by atoms with Crippen LogP contribution in [0.25, 0.3) is 0 Å². The first-order valence-electron chi connectivity index (χ1n) is 5.53. The zero-order chi connectivity index (χ0) is 13.1. The van der Waals surface area contributed by atoms with Gasteiger partial charge in [0, 0.05) is 21.6 Å². The van der Waals surface area contributed by atoms with Crippen molar-refractivity contribution in [2.75, 3.05) is 5.73 Å². The smallest absolute Gasteiger partial charge is 0.0831 e. The molecule has 0 fully saturated rings. The van der Waals surface area contributed by atoms with E-state index in [0.29, 0.717) is 17.1 Å². The predicted octanol–water partition coefficient (Wildman–Crippen LogP) is 3.96. The Kier molecular flexibility index (Phi) is 4.27. The van der Waals surface area contributed by atoms with Crippen molar-refractivity contribution in [3.8, 4) is 0 Å². The Morgan fingerprint density at radius 2 is 2.00 bits per heavy atom. The van der Waals surface area contributed by atoms with Crippen molar-refractivity contribution in [3.63, 3.8) is 0 Å². The van der Waals surface area contributed by atoms with Crippen LogP contribution in [0.5, 0.6) is 0 Å². The van der Waals surface area contributed by atoms with Crippen LogP contribution >= 0.6 is 27.5 Å². The molecule has 0 aliphatic rings. The van der Waals surface area contributed by atoms with Crippen LogP contribution in [0.1, 0.15) is 17.2 Å². The van der Waals surface area contributed by atoms with Crippen LogP contribution in [-0.2, 0) is 6.42 Å². The molecule has 0 aromatic heterocycles. The molecule has 2 aromatic rings. The van der Waals surface area contributed by atoms with Crippen LogP contribution in [0.15, 0.2) is 46.9 Å². The standard InChI is InChI=1S/C14H13BrClNO/c15-11-5-4-9(13(16)8-11)7-14(18)10-2-1-3-12(17)6-10/h1-6,8,14,18H,7,17H2. The number of nitrogen functional groups attached to an aromatic ring is 1. The molecule has 2 rings (SSSR count). The first-order valence-corrected chi connectivity index (χ1v) is 6.71. The Hall–Kier alpha value is -1.03. The monoisotopic (exact) mass is 325 g/mol. The minimum atomic E-state index is -0.604. The van der Waals surface area contributed by atoms with Crippen LogP contribution in [0.4, 0.5) is 5.69 Å². The molecule has 0 heterocycles. The minimum Gasteiger partial charge on any atom is -0.399 e. The Labute approximate surface area is 120 Å². The number of aliphatic hydroxyl groups excluding tert-OH is 1. The largest absolute Gasteiger partial charge is 0.399 e. The number of benzene rings is 2. The molecule has 1 atom stereocenters. The summed E-state index contributed by atoms with van der Waals surface area (Å²) in [5.74, 6) is 0. The minimum absolute atomic E-state index is 0.468. The number of anilines is 1. The summed E-state index contributed by atoms with van der Waals surface area (Å²) < 4.78 is 0.926. The summed E-state index contributed by atoms with van der Waals surface area (Å²) in [6.07, 6.45) is -0.137. The van der Waals surface area contributed by atoms with Gasteiger partial charge in [-0.1, -0.05) is 45.7 Å². The van der Waals surface area contributed by atoms with Gasteiger partial charge in [0.05, 0.1) is 6.10 Å². The maximum absolute atomic E-state index is 10.2. The molecule has 0 bridgehead atoms. The summed E-state index contributed by atoms with van der Waals surface area (Å²) in [5.41, 5.74) is 8.05. The highest BCUT2D eigenvalue weighted by Gasteiger charge is 2.11. The molecule has 3 N–H and O–H groups in total. The molecular weight excluding hydrogens is 314 g/mol. The Morgan fingerprint density at radius 3 is 2.67 bits per heavy atom. The molecule has 2 nitrogen and oxygen atoms in total. The van der Waals surface area contributed by atoms with Gasteiger partial charge < -0.3 is 10.8 Å². The summed E-state index contributed by atoms with van der Waals surface area (Å²) >= 11 is 9.48. The van der Waals surface area contributed by atoms with Crippen LogP contribution in [0.3, 0.4) is 0 Å². The number of rotatable bonds is 3. The third-order valence-electron chi connectivity index (χ3n) is 2.72. The van der Waals surface area contributed by atoms with Crippen molar-refractivity contribution in [2.24, 2.45) is 0 Å². The van der Waals surface area contributed by atoms with E-state index in [4.69, 9.17) is 17.3 Å². The van der Waals surface area contributed by atoms with Gasteiger partial charge in [0.25, 0.3) is 0 Å². The maximum atomic E-state index is 10.2. The molecule has 2 aromatic carbocycles. The summed E-state index contributed by atoms with van der Waals surface area (Å²) in [6.45, 7) is 0. The second-order valence-corrected chi connectivity index (χ2v) is 5.45. The molecule has 0 aliphatic heterocycles. The second kappa shape index (κ2) is 5.74. The van der Waals surface area contributed by atoms with Crippen LogP contribution in [-0.4, -0.2) is 5.11 Å². The summed E-state index contributed by atoms with van der Waals surface area (Å²) in [7, 11) is 0. The molecule has 18 heavy (non-hydrogen) atoms. The topological polar surface area (TPSA) is 46.2 Å². The van der Waals surface area contributed by atoms with E-state index in [1.807, 2.05) is 30.3 Å². The van der Waals surface area contributed by atoms with Gasteiger partial charge in [0.15, 0.2) is 0 Å². The van der Waals surface area contributed by atoms with Crippen LogP contribution in [0.2, 0.25) is 5.02 Å². The Morgan fingerprint density at radius 1 is 1.22 bits per heavy atom. The fraction of sp³-hybridized carbons (Fsp3) is 0.143.